The minimum atomic E-state index is -0.833. The molecule has 0 bridgehead atoms. The van der Waals surface area contributed by atoms with Crippen molar-refractivity contribution in [2.45, 2.75) is 38.3 Å². The molecule has 7 heteroatoms. The van der Waals surface area contributed by atoms with Crippen LogP contribution in [-0.4, -0.2) is 65.2 Å². The summed E-state index contributed by atoms with van der Waals surface area (Å²) in [6.07, 6.45) is 3.56. The predicted molar refractivity (Wildman–Crippen MR) is 75.6 cm³/mol. The van der Waals surface area contributed by atoms with Crippen molar-refractivity contribution in [2.24, 2.45) is 0 Å². The van der Waals surface area contributed by atoms with Crippen molar-refractivity contribution in [3.63, 3.8) is 0 Å². The molecule has 0 radical (unpaired) electrons. The van der Waals surface area contributed by atoms with Crippen molar-refractivity contribution >= 4 is 12.0 Å². The van der Waals surface area contributed by atoms with Crippen LogP contribution in [0.2, 0.25) is 0 Å². The maximum atomic E-state index is 13.1. The summed E-state index contributed by atoms with van der Waals surface area (Å²) >= 11 is 0. The number of amides is 2. The van der Waals surface area contributed by atoms with Gasteiger partial charge in [-0.3, -0.25) is 9.69 Å². The Bertz CT molecular complexity index is 435. The lowest BCUT2D eigenvalue weighted by molar-refractivity contribution is -0.139. The second kappa shape index (κ2) is 6.89. The number of hydrogen-bond donors (Lipinski definition) is 2. The van der Waals surface area contributed by atoms with Gasteiger partial charge in [0.2, 0.25) is 0 Å². The molecular weight excluding hydrogens is 277 g/mol. The van der Waals surface area contributed by atoms with E-state index in [1.54, 1.807) is 0 Å². The van der Waals surface area contributed by atoms with Gasteiger partial charge in [0.05, 0.1) is 13.1 Å². The van der Waals surface area contributed by atoms with Crippen LogP contribution in [0.1, 0.15) is 26.2 Å². The summed E-state index contributed by atoms with van der Waals surface area (Å²) in [5.74, 6) is -1.10. The van der Waals surface area contributed by atoms with Crippen LogP contribution >= 0.6 is 0 Å². The van der Waals surface area contributed by atoms with E-state index in [0.717, 1.165) is 12.8 Å². The van der Waals surface area contributed by atoms with Gasteiger partial charge in [0.25, 0.3) is 0 Å². The summed E-state index contributed by atoms with van der Waals surface area (Å²) in [6, 6.07) is 0.0247. The van der Waals surface area contributed by atoms with Gasteiger partial charge < -0.3 is 15.3 Å². The Kier molecular flexibility index (Phi) is 5.17. The van der Waals surface area contributed by atoms with E-state index >= 15 is 0 Å². The second-order valence-electron chi connectivity index (χ2n) is 5.59. The first kappa shape index (κ1) is 15.8. The third-order valence-corrected chi connectivity index (χ3v) is 4.10. The van der Waals surface area contributed by atoms with Crippen LogP contribution in [-0.2, 0) is 4.79 Å². The molecule has 0 unspecified atom stereocenters. The summed E-state index contributed by atoms with van der Waals surface area (Å²) in [5, 5.41) is 11.7. The van der Waals surface area contributed by atoms with Crippen LogP contribution in [0.3, 0.4) is 0 Å². The van der Waals surface area contributed by atoms with Gasteiger partial charge in [-0.15, -0.1) is 0 Å². The highest BCUT2D eigenvalue weighted by molar-refractivity contribution is 5.75. The van der Waals surface area contributed by atoms with E-state index in [-0.39, 0.29) is 37.0 Å². The van der Waals surface area contributed by atoms with Gasteiger partial charge in [-0.05, 0) is 31.9 Å². The fourth-order valence-corrected chi connectivity index (χ4v) is 2.82. The highest BCUT2D eigenvalue weighted by atomic mass is 19.1. The maximum absolute atomic E-state index is 13.1. The second-order valence-corrected chi connectivity index (χ2v) is 5.59. The van der Waals surface area contributed by atoms with Gasteiger partial charge in [-0.2, -0.15) is 0 Å². The Labute approximate surface area is 123 Å². The molecule has 1 saturated carbocycles. The lowest BCUT2D eigenvalue weighted by Gasteiger charge is -2.42. The molecule has 0 aromatic heterocycles. The topological polar surface area (TPSA) is 72.9 Å². The lowest BCUT2D eigenvalue weighted by Crippen LogP contribution is -2.57. The highest BCUT2D eigenvalue weighted by Gasteiger charge is 2.35. The Morgan fingerprint density at radius 1 is 1.52 bits per heavy atom. The van der Waals surface area contributed by atoms with E-state index in [1.165, 1.54) is 11.0 Å². The average Bonchev–Trinajstić information content (AvgIpc) is 2.39. The fraction of sp³-hybridized carbons (Fsp3) is 0.714. The molecule has 0 aromatic carbocycles. The zero-order valence-electron chi connectivity index (χ0n) is 12.2. The van der Waals surface area contributed by atoms with Gasteiger partial charge in [-0.25, -0.2) is 9.18 Å². The lowest BCUT2D eigenvalue weighted by atomic mass is 9.85. The number of nitrogens with one attached hydrogen (secondary N) is 1. The Morgan fingerprint density at radius 2 is 2.24 bits per heavy atom. The minimum absolute atomic E-state index is 0.0317. The van der Waals surface area contributed by atoms with E-state index in [4.69, 9.17) is 5.11 Å². The molecule has 2 N–H and O–H groups in total. The van der Waals surface area contributed by atoms with E-state index in [0.29, 0.717) is 19.5 Å². The van der Waals surface area contributed by atoms with Crippen molar-refractivity contribution < 1.29 is 19.1 Å². The number of carbonyl (C=O) groups is 2. The van der Waals surface area contributed by atoms with Gasteiger partial charge in [0.1, 0.15) is 5.83 Å². The normalized spacial score (nSPS) is 25.3. The molecule has 0 spiro atoms. The van der Waals surface area contributed by atoms with Crippen LogP contribution in [0, 0.1) is 0 Å². The molecule has 2 rings (SSSR count). The number of nitrogens with zero attached hydrogens (tertiary/aromatic N) is 2. The number of likely N-dealkylation sites (N-methyl/N-ethyl adjacent to an activating group) is 1. The number of aliphatic carboxylic acids is 1. The third-order valence-electron chi connectivity index (χ3n) is 4.10. The smallest absolute Gasteiger partial charge is 0.318 e. The zero-order chi connectivity index (χ0) is 15.4. The van der Waals surface area contributed by atoms with E-state index in [1.807, 2.05) is 11.8 Å². The Hall–Kier alpha value is -1.63. The van der Waals surface area contributed by atoms with Gasteiger partial charge in [0.15, 0.2) is 0 Å². The van der Waals surface area contributed by atoms with Crippen LogP contribution in [0.4, 0.5) is 9.18 Å². The molecule has 118 valence electrons. The van der Waals surface area contributed by atoms with Crippen LogP contribution in [0.15, 0.2) is 11.9 Å². The number of carboxylic acid groups (broad SMARTS) is 1. The number of rotatable bonds is 5. The van der Waals surface area contributed by atoms with Crippen LogP contribution in [0.25, 0.3) is 0 Å². The Balaban J connectivity index is 1.73. The summed E-state index contributed by atoms with van der Waals surface area (Å²) in [6.45, 7) is 3.22. The van der Waals surface area contributed by atoms with Crippen molar-refractivity contribution in [3.8, 4) is 0 Å². The first-order valence-corrected chi connectivity index (χ1v) is 7.35. The number of hydrogen-bond acceptors (Lipinski definition) is 3. The molecule has 0 saturated heterocycles. The van der Waals surface area contributed by atoms with E-state index < -0.39 is 5.97 Å². The molecule has 1 aliphatic heterocycles. The van der Waals surface area contributed by atoms with Crippen molar-refractivity contribution in [1.29, 1.82) is 0 Å². The molecule has 21 heavy (non-hydrogen) atoms. The summed E-state index contributed by atoms with van der Waals surface area (Å²) in [4.78, 5) is 26.1. The molecular formula is C14H22FN3O3. The molecule has 0 aromatic rings. The first-order valence-electron chi connectivity index (χ1n) is 7.35. The number of carboxylic acids is 1. The van der Waals surface area contributed by atoms with Gasteiger partial charge in [-0.1, -0.05) is 6.92 Å². The summed E-state index contributed by atoms with van der Waals surface area (Å²) in [5.41, 5.74) is 0. The molecule has 0 atom stereocenters. The highest BCUT2D eigenvalue weighted by Crippen LogP contribution is 2.26. The summed E-state index contributed by atoms with van der Waals surface area (Å²) < 4.78 is 13.1. The summed E-state index contributed by atoms with van der Waals surface area (Å²) in [7, 11) is 0. The number of halogens is 1. The van der Waals surface area contributed by atoms with Crippen LogP contribution in [0.5, 0.6) is 0 Å². The van der Waals surface area contributed by atoms with Gasteiger partial charge in [0, 0.05) is 18.6 Å². The van der Waals surface area contributed by atoms with Crippen molar-refractivity contribution in [3.05, 3.63) is 11.9 Å². The van der Waals surface area contributed by atoms with Crippen molar-refractivity contribution in [1.82, 2.24) is 15.1 Å². The predicted octanol–water partition coefficient (Wildman–Crippen LogP) is 1.19. The van der Waals surface area contributed by atoms with Crippen molar-refractivity contribution in [2.75, 3.05) is 26.2 Å². The molecule has 1 heterocycles. The van der Waals surface area contributed by atoms with E-state index in [9.17, 15) is 14.0 Å². The van der Waals surface area contributed by atoms with E-state index in [2.05, 4.69) is 5.32 Å². The number of carbonyl (C=O) groups excluding carboxylic acids is 1. The average molecular weight is 299 g/mol. The zero-order valence-corrected chi connectivity index (χ0v) is 12.2. The minimum Gasteiger partial charge on any atom is -0.480 e. The molecule has 2 amide bonds. The monoisotopic (exact) mass is 299 g/mol. The SMILES string of the molecule is CCN(CC(=O)O)C1CC(NC(=O)N2CCC=C(F)C2)C1. The quantitative estimate of drug-likeness (QED) is 0.800. The Morgan fingerprint density at radius 3 is 2.81 bits per heavy atom. The third kappa shape index (κ3) is 4.17. The van der Waals surface area contributed by atoms with Crippen LogP contribution < -0.4 is 5.32 Å². The fourth-order valence-electron chi connectivity index (χ4n) is 2.82. The first-order chi connectivity index (χ1) is 9.99. The molecule has 1 aliphatic carbocycles. The molecule has 1 fully saturated rings. The molecule has 2 aliphatic rings. The molecule has 6 nitrogen and oxygen atoms in total. The standard InChI is InChI=1S/C14H22FN3O3/c1-2-17(9-13(19)20)12-6-11(7-12)16-14(21)18-5-3-4-10(15)8-18/h4,11-12H,2-3,5-9H2,1H3,(H,16,21)(H,19,20). The number of urea groups is 1. The van der Waals surface area contributed by atoms with Gasteiger partial charge >= 0.3 is 12.0 Å². The maximum Gasteiger partial charge on any atom is 0.318 e. The largest absolute Gasteiger partial charge is 0.480 e.